The molecule has 3 aliphatic carbocycles. The Kier molecular flexibility index (Phi) is 3.21. The zero-order chi connectivity index (χ0) is 21.6. The molecule has 0 amide bonds. The smallest absolute Gasteiger partial charge is 0.338 e. The number of rotatable bonds is 0. The lowest BCUT2D eigenvalue weighted by atomic mass is 9.36. The fourth-order valence-electron chi connectivity index (χ4n) is 7.88. The maximum absolute atomic E-state index is 12.6. The van der Waals surface area contributed by atoms with Gasteiger partial charge in [0.2, 0.25) is 0 Å². The Morgan fingerprint density at radius 1 is 1.07 bits per heavy atom. The Hall–Kier alpha value is -1.40. The number of ether oxygens (including phenoxy) is 3. The molecule has 0 radical (unpaired) electrons. The third kappa shape index (κ3) is 1.53. The number of hydrogen-bond donors (Lipinski definition) is 5. The van der Waals surface area contributed by atoms with Gasteiger partial charge in [0.05, 0.1) is 18.6 Å². The molecular formula is C20H24O10. The van der Waals surface area contributed by atoms with E-state index in [1.807, 2.05) is 0 Å². The molecule has 30 heavy (non-hydrogen) atoms. The van der Waals surface area contributed by atoms with Gasteiger partial charge in [0, 0.05) is 11.3 Å². The summed E-state index contributed by atoms with van der Waals surface area (Å²) in [6.07, 6.45) is -4.96. The molecule has 10 heteroatoms. The van der Waals surface area contributed by atoms with Crippen molar-refractivity contribution in [2.24, 2.45) is 22.7 Å². The van der Waals surface area contributed by atoms with Crippen molar-refractivity contribution in [1.82, 2.24) is 0 Å². The van der Waals surface area contributed by atoms with Crippen LogP contribution in [-0.2, 0) is 23.8 Å². The third-order valence-corrected chi connectivity index (χ3v) is 9.17. The number of aliphatic hydroxyl groups is 5. The molecule has 2 spiro atoms. The van der Waals surface area contributed by atoms with E-state index >= 15 is 0 Å². The van der Waals surface area contributed by atoms with Crippen LogP contribution in [0.25, 0.3) is 0 Å². The van der Waals surface area contributed by atoms with Crippen molar-refractivity contribution >= 4 is 11.8 Å². The van der Waals surface area contributed by atoms with E-state index in [4.69, 9.17) is 14.2 Å². The second-order valence-electron chi connectivity index (χ2n) is 10.0. The minimum atomic E-state index is -2.35. The van der Waals surface area contributed by atoms with E-state index < -0.39 is 75.8 Å². The molecule has 10 nitrogen and oxygen atoms in total. The van der Waals surface area contributed by atoms with Crippen LogP contribution in [0.1, 0.15) is 20.3 Å². The Bertz CT molecular complexity index is 927. The molecule has 3 saturated heterocycles. The summed E-state index contributed by atoms with van der Waals surface area (Å²) in [4.78, 5) is 25.2. The van der Waals surface area contributed by atoms with Gasteiger partial charge in [0.15, 0.2) is 23.3 Å². The monoisotopic (exact) mass is 424 g/mol. The van der Waals surface area contributed by atoms with Crippen LogP contribution < -0.4 is 0 Å². The molecular weight excluding hydrogens is 400 g/mol. The minimum absolute atomic E-state index is 0.145. The summed E-state index contributed by atoms with van der Waals surface area (Å²) in [5.41, 5.74) is -6.52. The van der Waals surface area contributed by atoms with E-state index in [-0.39, 0.29) is 19.6 Å². The number of epoxide rings is 1. The van der Waals surface area contributed by atoms with Gasteiger partial charge in [-0.25, -0.2) is 4.79 Å². The van der Waals surface area contributed by atoms with Gasteiger partial charge in [-0.1, -0.05) is 12.5 Å². The molecule has 0 aromatic heterocycles. The van der Waals surface area contributed by atoms with E-state index in [1.165, 1.54) is 6.08 Å². The number of aliphatic hydroxyl groups excluding tert-OH is 3. The van der Waals surface area contributed by atoms with Crippen LogP contribution in [0.15, 0.2) is 11.6 Å². The average molecular weight is 424 g/mol. The van der Waals surface area contributed by atoms with Crippen molar-refractivity contribution in [3.63, 3.8) is 0 Å². The summed E-state index contributed by atoms with van der Waals surface area (Å²) in [6.45, 7) is 2.77. The first-order valence-electron chi connectivity index (χ1n) is 10.1. The summed E-state index contributed by atoms with van der Waals surface area (Å²) in [6, 6.07) is 0. The predicted molar refractivity (Wildman–Crippen MR) is 93.3 cm³/mol. The zero-order valence-electron chi connectivity index (χ0n) is 16.4. The lowest BCUT2D eigenvalue weighted by molar-refractivity contribution is -0.379. The van der Waals surface area contributed by atoms with Gasteiger partial charge in [-0.3, -0.25) is 4.79 Å². The van der Waals surface area contributed by atoms with Gasteiger partial charge in [-0.2, -0.15) is 0 Å². The molecule has 5 fully saturated rings. The number of carbonyl (C=O) groups excluding carboxylic acids is 2. The van der Waals surface area contributed by atoms with Crippen molar-refractivity contribution in [2.75, 3.05) is 13.2 Å². The number of fused-ring (bicyclic) bond motifs is 2. The van der Waals surface area contributed by atoms with Crippen LogP contribution in [0.2, 0.25) is 0 Å². The summed E-state index contributed by atoms with van der Waals surface area (Å²) in [5, 5.41) is 56.7. The molecule has 0 unspecified atom stereocenters. The first-order valence-corrected chi connectivity index (χ1v) is 10.1. The lowest BCUT2D eigenvalue weighted by Crippen LogP contribution is -2.87. The van der Waals surface area contributed by atoms with Crippen LogP contribution >= 0.6 is 0 Å². The van der Waals surface area contributed by atoms with Crippen LogP contribution in [0, 0.1) is 22.7 Å². The van der Waals surface area contributed by atoms with E-state index in [9.17, 15) is 35.1 Å². The molecule has 2 saturated carbocycles. The number of esters is 1. The summed E-state index contributed by atoms with van der Waals surface area (Å²) in [7, 11) is 0. The Morgan fingerprint density at radius 2 is 1.73 bits per heavy atom. The Morgan fingerprint density at radius 3 is 2.37 bits per heavy atom. The summed E-state index contributed by atoms with van der Waals surface area (Å²) in [5.74, 6) is -5.64. The fraction of sp³-hybridized carbons (Fsp3) is 0.800. The van der Waals surface area contributed by atoms with Crippen LogP contribution in [0.3, 0.4) is 0 Å². The Balaban J connectivity index is 1.68. The van der Waals surface area contributed by atoms with Crippen molar-refractivity contribution in [1.29, 1.82) is 0 Å². The van der Waals surface area contributed by atoms with Crippen molar-refractivity contribution in [2.45, 2.75) is 61.7 Å². The quantitative estimate of drug-likeness (QED) is 0.205. The van der Waals surface area contributed by atoms with E-state index in [0.717, 1.165) is 0 Å². The fourth-order valence-corrected chi connectivity index (χ4v) is 7.88. The highest BCUT2D eigenvalue weighted by Crippen LogP contribution is 2.77. The summed E-state index contributed by atoms with van der Waals surface area (Å²) >= 11 is 0. The second-order valence-corrected chi connectivity index (χ2v) is 10.0. The summed E-state index contributed by atoms with van der Waals surface area (Å²) < 4.78 is 16.7. The molecule has 0 aromatic carbocycles. The highest BCUT2D eigenvalue weighted by atomic mass is 16.7. The van der Waals surface area contributed by atoms with E-state index in [2.05, 4.69) is 0 Å². The molecule has 5 N–H and O–H groups in total. The lowest BCUT2D eigenvalue weighted by Gasteiger charge is -2.70. The molecule has 2 bridgehead atoms. The minimum Gasteiger partial charge on any atom is -0.460 e. The Labute approximate surface area is 171 Å². The van der Waals surface area contributed by atoms with Gasteiger partial charge in [0.1, 0.15) is 23.9 Å². The molecule has 0 aromatic rings. The van der Waals surface area contributed by atoms with Crippen molar-refractivity contribution in [3.8, 4) is 0 Å². The van der Waals surface area contributed by atoms with Gasteiger partial charge in [-0.15, -0.1) is 0 Å². The van der Waals surface area contributed by atoms with E-state index in [1.54, 1.807) is 13.8 Å². The number of allylic oxidation sites excluding steroid dienone is 1. The zero-order valence-corrected chi connectivity index (χ0v) is 16.4. The number of hydrogen-bond acceptors (Lipinski definition) is 10. The predicted octanol–water partition coefficient (Wildman–Crippen LogP) is -2.62. The molecule has 164 valence electrons. The molecule has 3 aliphatic heterocycles. The average Bonchev–Trinajstić information content (AvgIpc) is 3.44. The molecule has 6 aliphatic rings. The van der Waals surface area contributed by atoms with Gasteiger partial charge < -0.3 is 39.7 Å². The topological polar surface area (TPSA) is 166 Å². The largest absolute Gasteiger partial charge is 0.460 e. The molecule has 11 atom stereocenters. The van der Waals surface area contributed by atoms with Crippen molar-refractivity contribution in [3.05, 3.63) is 11.6 Å². The maximum atomic E-state index is 12.6. The SMILES string of the molecule is CC1=CC(=O)[C@@H](O)[C@]2(C)[C@H]3[C@@]4(O)OC[C@@]35[C@@H](C[C@@H]12)OC(=O)[C@H](O)[C@@]5(O)[C@@]1(CO1)[C@H]4O. The van der Waals surface area contributed by atoms with Crippen LogP contribution in [-0.4, -0.2) is 91.9 Å². The highest BCUT2D eigenvalue weighted by molar-refractivity contribution is 5.96. The van der Waals surface area contributed by atoms with Gasteiger partial charge >= 0.3 is 5.97 Å². The molecule has 3 heterocycles. The van der Waals surface area contributed by atoms with Gasteiger partial charge in [-0.05, 0) is 25.3 Å². The first-order chi connectivity index (χ1) is 13.9. The number of ketones is 1. The van der Waals surface area contributed by atoms with Crippen molar-refractivity contribution < 1.29 is 49.3 Å². The highest BCUT2D eigenvalue weighted by Gasteiger charge is 2.94. The normalized spacial score (nSPS) is 63.1. The van der Waals surface area contributed by atoms with Gasteiger partial charge in [0.25, 0.3) is 0 Å². The van der Waals surface area contributed by atoms with Crippen LogP contribution in [0.5, 0.6) is 0 Å². The maximum Gasteiger partial charge on any atom is 0.338 e. The first kappa shape index (κ1) is 19.3. The van der Waals surface area contributed by atoms with E-state index in [0.29, 0.717) is 5.57 Å². The second kappa shape index (κ2) is 4.98. The number of carbonyl (C=O) groups is 2. The third-order valence-electron chi connectivity index (χ3n) is 9.17. The standard InChI is InChI=1S/C20H24O10/c1-7-3-9(21)11(22)16(2)8(7)4-10-17-5-29-19(26,14(16)17)15(25)18(6-28-18)20(17,27)12(23)13(24)30-10/h3,8,10-12,14-15,22-23,25-27H,4-6H2,1-2H3/t8-,10+,11+,12-,14+,15+,16+,17+,18+,19+,20-/m0/s1. The molecule has 6 rings (SSSR count). The van der Waals surface area contributed by atoms with Crippen LogP contribution in [0.4, 0.5) is 0 Å².